The third-order valence-corrected chi connectivity index (χ3v) is 10.6. The highest BCUT2D eigenvalue weighted by atomic mass is 28.3. The second-order valence-electron chi connectivity index (χ2n) is 7.23. The van der Waals surface area contributed by atoms with Crippen molar-refractivity contribution < 1.29 is 0 Å². The third kappa shape index (κ3) is 1.81. The van der Waals surface area contributed by atoms with Crippen LogP contribution in [0.3, 0.4) is 0 Å². The lowest BCUT2D eigenvalue weighted by molar-refractivity contribution is 0.645. The monoisotopic (exact) mass is 244 g/mol. The summed E-state index contributed by atoms with van der Waals surface area (Å²) in [5, 5.41) is 2.49. The van der Waals surface area contributed by atoms with Crippen molar-refractivity contribution in [3.8, 4) is 0 Å². The normalized spacial score (nSPS) is 18.8. The van der Waals surface area contributed by atoms with Crippen LogP contribution in [0.25, 0.3) is 5.20 Å². The van der Waals surface area contributed by atoms with Gasteiger partial charge in [-0.1, -0.05) is 82.8 Å². The lowest BCUT2D eigenvalue weighted by Gasteiger charge is -2.42. The van der Waals surface area contributed by atoms with Gasteiger partial charge >= 0.3 is 0 Å². The van der Waals surface area contributed by atoms with E-state index in [4.69, 9.17) is 0 Å². The summed E-state index contributed by atoms with van der Waals surface area (Å²) < 4.78 is 0. The van der Waals surface area contributed by atoms with E-state index in [1.165, 1.54) is 5.56 Å². The zero-order valence-electron chi connectivity index (χ0n) is 12.0. The highest BCUT2D eigenvalue weighted by Crippen LogP contribution is 2.65. The highest BCUT2D eigenvalue weighted by molar-refractivity contribution is 7.15. The Morgan fingerprint density at radius 2 is 1.24 bits per heavy atom. The van der Waals surface area contributed by atoms with E-state index in [0.29, 0.717) is 10.1 Å². The van der Waals surface area contributed by atoms with Crippen molar-refractivity contribution in [1.82, 2.24) is 0 Å². The van der Waals surface area contributed by atoms with Crippen LogP contribution in [0.15, 0.2) is 36.0 Å². The van der Waals surface area contributed by atoms with E-state index >= 15 is 0 Å². The van der Waals surface area contributed by atoms with Crippen LogP contribution in [0.4, 0.5) is 0 Å². The lowest BCUT2D eigenvalue weighted by atomic mass is 10.2. The molecule has 1 heterocycles. The molecule has 1 heteroatoms. The quantitative estimate of drug-likeness (QED) is 0.595. The third-order valence-electron chi connectivity index (χ3n) is 4.15. The smallest absolute Gasteiger partial charge is 0.0888 e. The van der Waals surface area contributed by atoms with Crippen molar-refractivity contribution in [3.05, 3.63) is 41.6 Å². The van der Waals surface area contributed by atoms with Gasteiger partial charge in [0.05, 0.1) is 0 Å². The molecule has 0 unspecified atom stereocenters. The maximum Gasteiger partial charge on any atom is 0.120 e. The number of rotatable bonds is 1. The van der Waals surface area contributed by atoms with Crippen molar-refractivity contribution >= 4 is 13.3 Å². The molecule has 0 fully saturated rings. The Morgan fingerprint density at radius 3 is 1.59 bits per heavy atom. The number of hydrogen-bond acceptors (Lipinski definition) is 0. The Morgan fingerprint density at radius 1 is 0.765 bits per heavy atom. The minimum atomic E-state index is -1.44. The molecule has 1 aliphatic rings. The average molecular weight is 244 g/mol. The van der Waals surface area contributed by atoms with Crippen molar-refractivity contribution in [2.45, 2.75) is 51.6 Å². The van der Waals surface area contributed by atoms with Crippen LogP contribution in [0.2, 0.25) is 10.1 Å². The fourth-order valence-electron chi connectivity index (χ4n) is 3.48. The molecule has 2 rings (SSSR count). The van der Waals surface area contributed by atoms with Crippen LogP contribution < -0.4 is 0 Å². The van der Waals surface area contributed by atoms with Crippen LogP contribution in [0.1, 0.15) is 47.1 Å². The lowest BCUT2D eigenvalue weighted by Crippen LogP contribution is -2.41. The van der Waals surface area contributed by atoms with Gasteiger partial charge in [-0.25, -0.2) is 0 Å². The first-order chi connectivity index (χ1) is 7.70. The molecule has 0 aliphatic carbocycles. The molecule has 1 aliphatic heterocycles. The molecule has 0 bridgehead atoms. The molecular weight excluding hydrogens is 220 g/mol. The molecule has 0 radical (unpaired) electrons. The standard InChI is InChI=1S/C16H24Si/c1-15(2,3)17(16(4,5)6)12-14(17)13-10-8-7-9-11-13/h7-12H,1-6H3. The van der Waals surface area contributed by atoms with Crippen molar-refractivity contribution in [2.75, 3.05) is 0 Å². The van der Waals surface area contributed by atoms with Gasteiger partial charge < -0.3 is 0 Å². The van der Waals surface area contributed by atoms with Gasteiger partial charge in [0.25, 0.3) is 0 Å². The first kappa shape index (κ1) is 12.6. The van der Waals surface area contributed by atoms with Crippen LogP contribution in [0.5, 0.6) is 0 Å². The van der Waals surface area contributed by atoms with Crippen LogP contribution in [-0.2, 0) is 0 Å². The van der Waals surface area contributed by atoms with E-state index < -0.39 is 8.07 Å². The Kier molecular flexibility index (Phi) is 2.66. The minimum Gasteiger partial charge on any atom is -0.0888 e. The second kappa shape index (κ2) is 3.58. The zero-order valence-corrected chi connectivity index (χ0v) is 13.0. The fraction of sp³-hybridized carbons (Fsp3) is 0.500. The predicted octanol–water partition coefficient (Wildman–Crippen LogP) is 5.21. The molecule has 1 aromatic rings. The van der Waals surface area contributed by atoms with E-state index in [-0.39, 0.29) is 0 Å². The molecule has 0 N–H and O–H groups in total. The average Bonchev–Trinajstić information content (AvgIpc) is 2.93. The molecule has 92 valence electrons. The summed E-state index contributed by atoms with van der Waals surface area (Å²) in [4.78, 5) is 0. The Balaban J connectivity index is 2.40. The summed E-state index contributed by atoms with van der Waals surface area (Å²) in [6.07, 6.45) is 0. The summed E-state index contributed by atoms with van der Waals surface area (Å²) in [6, 6.07) is 10.9. The predicted molar refractivity (Wildman–Crippen MR) is 79.6 cm³/mol. The van der Waals surface area contributed by atoms with E-state index in [0.717, 1.165) is 0 Å². The topological polar surface area (TPSA) is 0 Å². The van der Waals surface area contributed by atoms with E-state index in [1.54, 1.807) is 5.20 Å². The largest absolute Gasteiger partial charge is 0.120 e. The SMILES string of the molecule is CC(C)(C)[Si]1(C(C)(C)C)C=C1c1ccccc1. The van der Waals surface area contributed by atoms with Crippen molar-refractivity contribution in [2.24, 2.45) is 0 Å². The molecule has 0 saturated carbocycles. The van der Waals surface area contributed by atoms with E-state index in [9.17, 15) is 0 Å². The highest BCUT2D eigenvalue weighted by Gasteiger charge is 2.61. The molecular formula is C16H24Si. The van der Waals surface area contributed by atoms with Gasteiger partial charge in [0.2, 0.25) is 0 Å². The minimum absolute atomic E-state index is 0.413. The molecule has 17 heavy (non-hydrogen) atoms. The van der Waals surface area contributed by atoms with Crippen LogP contribution in [0, 0.1) is 0 Å². The van der Waals surface area contributed by atoms with E-state index in [2.05, 4.69) is 77.6 Å². The second-order valence-corrected chi connectivity index (χ2v) is 12.7. The Hall–Kier alpha value is -0.823. The van der Waals surface area contributed by atoms with Crippen LogP contribution in [-0.4, -0.2) is 8.07 Å². The maximum absolute atomic E-state index is 2.61. The van der Waals surface area contributed by atoms with Gasteiger partial charge in [-0.3, -0.25) is 0 Å². The first-order valence-corrected chi connectivity index (χ1v) is 8.57. The first-order valence-electron chi connectivity index (χ1n) is 6.49. The summed E-state index contributed by atoms with van der Waals surface area (Å²) in [6.45, 7) is 14.5. The van der Waals surface area contributed by atoms with Gasteiger partial charge in [0.1, 0.15) is 8.07 Å². The van der Waals surface area contributed by atoms with Gasteiger partial charge in [0, 0.05) is 0 Å². The van der Waals surface area contributed by atoms with Crippen molar-refractivity contribution in [3.63, 3.8) is 0 Å². The zero-order chi connectivity index (χ0) is 12.9. The molecule has 0 amide bonds. The van der Waals surface area contributed by atoms with Gasteiger partial charge in [0.15, 0.2) is 0 Å². The summed E-state index contributed by atoms with van der Waals surface area (Å²) in [5.41, 5.74) is 4.06. The summed E-state index contributed by atoms with van der Waals surface area (Å²) in [5.74, 6) is 0. The van der Waals surface area contributed by atoms with Crippen LogP contribution >= 0.6 is 0 Å². The molecule has 0 aromatic heterocycles. The molecule has 0 nitrogen and oxygen atoms in total. The molecule has 1 aromatic carbocycles. The van der Waals surface area contributed by atoms with Gasteiger partial charge in [-0.2, -0.15) is 0 Å². The number of benzene rings is 1. The molecule has 0 atom stereocenters. The number of hydrogen-bond donors (Lipinski definition) is 0. The Labute approximate surface area is 107 Å². The van der Waals surface area contributed by atoms with Crippen molar-refractivity contribution in [1.29, 1.82) is 0 Å². The summed E-state index contributed by atoms with van der Waals surface area (Å²) in [7, 11) is -1.44. The maximum atomic E-state index is 2.61. The Bertz CT molecular complexity index is 427. The molecule has 0 spiro atoms. The summed E-state index contributed by atoms with van der Waals surface area (Å²) >= 11 is 0. The van der Waals surface area contributed by atoms with Gasteiger partial charge in [-0.15, -0.1) is 0 Å². The van der Waals surface area contributed by atoms with E-state index in [1.807, 2.05) is 0 Å². The van der Waals surface area contributed by atoms with Gasteiger partial charge in [-0.05, 0) is 15.6 Å². The molecule has 0 saturated heterocycles. The fourth-order valence-corrected chi connectivity index (χ4v) is 9.79.